The highest BCUT2D eigenvalue weighted by atomic mass is 19.1. The van der Waals surface area contributed by atoms with Gasteiger partial charge in [-0.3, -0.25) is 4.90 Å². The highest BCUT2D eigenvalue weighted by Gasteiger charge is 2.28. The highest BCUT2D eigenvalue weighted by molar-refractivity contribution is 5.31. The normalized spacial score (nSPS) is 21.2. The first kappa shape index (κ1) is 16.2. The number of nitrogens with two attached hydrogens (primary N) is 1. The molecule has 0 radical (unpaired) electrons. The van der Waals surface area contributed by atoms with Crippen LogP contribution in [0, 0.1) is 5.82 Å². The third kappa shape index (κ3) is 3.74. The van der Waals surface area contributed by atoms with Gasteiger partial charge in [-0.25, -0.2) is 4.39 Å². The molecule has 1 saturated heterocycles. The Hall–Kier alpha value is -1.13. The van der Waals surface area contributed by atoms with Crippen LogP contribution in [0.2, 0.25) is 0 Å². The maximum atomic E-state index is 14.0. The number of likely N-dealkylation sites (tertiary alicyclic amines) is 1. The number of piperidine rings is 1. The number of ether oxygens (including phenoxy) is 1. The molecular formula is C17H27FN2O. The fraction of sp³-hybridized carbons (Fsp3) is 0.647. The van der Waals surface area contributed by atoms with Gasteiger partial charge in [0.15, 0.2) is 11.6 Å². The molecule has 2 rings (SSSR count). The fourth-order valence-electron chi connectivity index (χ4n) is 3.43. The van der Waals surface area contributed by atoms with E-state index in [1.54, 1.807) is 12.1 Å². The van der Waals surface area contributed by atoms with Gasteiger partial charge >= 0.3 is 0 Å². The molecule has 1 aliphatic heterocycles. The predicted molar refractivity (Wildman–Crippen MR) is 84.0 cm³/mol. The van der Waals surface area contributed by atoms with Crippen molar-refractivity contribution in [1.29, 1.82) is 0 Å². The first-order chi connectivity index (χ1) is 10.2. The average Bonchev–Trinajstić information content (AvgIpc) is 2.50. The third-order valence-electron chi connectivity index (χ3n) is 4.48. The monoisotopic (exact) mass is 294 g/mol. The van der Waals surface area contributed by atoms with Gasteiger partial charge in [0.1, 0.15) is 0 Å². The minimum atomic E-state index is -0.308. The van der Waals surface area contributed by atoms with Gasteiger partial charge < -0.3 is 10.5 Å². The van der Waals surface area contributed by atoms with Crippen molar-refractivity contribution in [1.82, 2.24) is 4.90 Å². The summed E-state index contributed by atoms with van der Waals surface area (Å²) in [5, 5.41) is 0. The Bertz CT molecular complexity index is 450. The van der Waals surface area contributed by atoms with Crippen molar-refractivity contribution in [3.63, 3.8) is 0 Å². The lowest BCUT2D eigenvalue weighted by Gasteiger charge is -2.41. The summed E-state index contributed by atoms with van der Waals surface area (Å²) in [6.45, 7) is 3.80. The predicted octanol–water partition coefficient (Wildman–Crippen LogP) is 3.49. The molecule has 0 aromatic heterocycles. The van der Waals surface area contributed by atoms with E-state index in [1.165, 1.54) is 39.2 Å². The Balaban J connectivity index is 2.22. The summed E-state index contributed by atoms with van der Waals surface area (Å²) in [6, 6.07) is 5.89. The second kappa shape index (κ2) is 7.76. The number of rotatable bonds is 6. The molecule has 1 fully saturated rings. The number of nitrogens with zero attached hydrogens (tertiary/aromatic N) is 1. The molecule has 0 amide bonds. The van der Waals surface area contributed by atoms with Gasteiger partial charge in [0, 0.05) is 18.6 Å². The van der Waals surface area contributed by atoms with Crippen LogP contribution in [0.5, 0.6) is 5.75 Å². The Morgan fingerprint density at radius 1 is 1.43 bits per heavy atom. The summed E-state index contributed by atoms with van der Waals surface area (Å²) in [4.78, 5) is 2.48. The molecular weight excluding hydrogens is 267 g/mol. The second-order valence-electron chi connectivity index (χ2n) is 5.82. The molecule has 3 nitrogen and oxygen atoms in total. The Morgan fingerprint density at radius 2 is 2.24 bits per heavy atom. The largest absolute Gasteiger partial charge is 0.494 e. The lowest BCUT2D eigenvalue weighted by atomic mass is 9.93. The summed E-state index contributed by atoms with van der Waals surface area (Å²) in [5.74, 6) is -0.0178. The lowest BCUT2D eigenvalue weighted by Crippen LogP contribution is -2.44. The topological polar surface area (TPSA) is 38.5 Å². The summed E-state index contributed by atoms with van der Waals surface area (Å²) in [7, 11) is 1.49. The van der Waals surface area contributed by atoms with Crippen LogP contribution >= 0.6 is 0 Å². The molecule has 2 N–H and O–H groups in total. The first-order valence-corrected chi connectivity index (χ1v) is 8.00. The minimum Gasteiger partial charge on any atom is -0.494 e. The fourth-order valence-corrected chi connectivity index (χ4v) is 3.43. The quantitative estimate of drug-likeness (QED) is 0.873. The van der Waals surface area contributed by atoms with Gasteiger partial charge in [-0.15, -0.1) is 0 Å². The van der Waals surface area contributed by atoms with Crippen LogP contribution in [0.25, 0.3) is 0 Å². The van der Waals surface area contributed by atoms with Crippen molar-refractivity contribution in [2.45, 2.75) is 51.1 Å². The van der Waals surface area contributed by atoms with E-state index in [0.29, 0.717) is 18.3 Å². The van der Waals surface area contributed by atoms with Crippen LogP contribution in [0.1, 0.15) is 50.6 Å². The first-order valence-electron chi connectivity index (χ1n) is 8.00. The SMILES string of the molecule is CCCC1CCCCN1C(CN)c1ccc(OC)c(F)c1. The van der Waals surface area contributed by atoms with E-state index >= 15 is 0 Å². The number of benzene rings is 1. The van der Waals surface area contributed by atoms with Crippen molar-refractivity contribution in [3.05, 3.63) is 29.6 Å². The van der Waals surface area contributed by atoms with E-state index in [9.17, 15) is 4.39 Å². The van der Waals surface area contributed by atoms with Gasteiger partial charge in [-0.2, -0.15) is 0 Å². The summed E-state index contributed by atoms with van der Waals surface area (Å²) in [6.07, 6.45) is 6.08. The van der Waals surface area contributed by atoms with Gasteiger partial charge in [0.05, 0.1) is 7.11 Å². The van der Waals surface area contributed by atoms with Crippen molar-refractivity contribution in [3.8, 4) is 5.75 Å². The van der Waals surface area contributed by atoms with Crippen molar-refractivity contribution >= 4 is 0 Å². The molecule has 118 valence electrons. The van der Waals surface area contributed by atoms with Gasteiger partial charge in [0.2, 0.25) is 0 Å². The molecule has 2 atom stereocenters. The molecule has 0 aliphatic carbocycles. The zero-order chi connectivity index (χ0) is 15.2. The number of methoxy groups -OCH3 is 1. The minimum absolute atomic E-state index is 0.0993. The number of hydrogen-bond acceptors (Lipinski definition) is 3. The molecule has 21 heavy (non-hydrogen) atoms. The van der Waals surface area contributed by atoms with E-state index < -0.39 is 0 Å². The van der Waals surface area contributed by atoms with Gasteiger partial charge in [0.25, 0.3) is 0 Å². The molecule has 1 heterocycles. The van der Waals surface area contributed by atoms with E-state index in [1.807, 2.05) is 6.07 Å². The zero-order valence-corrected chi connectivity index (χ0v) is 13.1. The highest BCUT2D eigenvalue weighted by Crippen LogP contribution is 2.31. The molecule has 0 spiro atoms. The van der Waals surface area contributed by atoms with Crippen LogP contribution in [-0.4, -0.2) is 31.1 Å². The van der Waals surface area contributed by atoms with Crippen molar-refractivity contribution < 1.29 is 9.13 Å². The molecule has 2 unspecified atom stereocenters. The number of halogens is 1. The molecule has 1 aliphatic rings. The second-order valence-corrected chi connectivity index (χ2v) is 5.82. The summed E-state index contributed by atoms with van der Waals surface area (Å²) < 4.78 is 19.0. The van der Waals surface area contributed by atoms with Crippen LogP contribution in [-0.2, 0) is 0 Å². The lowest BCUT2D eigenvalue weighted by molar-refractivity contribution is 0.0911. The van der Waals surface area contributed by atoms with E-state index in [0.717, 1.165) is 12.1 Å². The Kier molecular flexibility index (Phi) is 6.00. The van der Waals surface area contributed by atoms with Crippen LogP contribution in [0.3, 0.4) is 0 Å². The Morgan fingerprint density at radius 3 is 2.86 bits per heavy atom. The summed E-state index contributed by atoms with van der Waals surface area (Å²) >= 11 is 0. The zero-order valence-electron chi connectivity index (χ0n) is 13.1. The smallest absolute Gasteiger partial charge is 0.165 e. The van der Waals surface area contributed by atoms with Crippen LogP contribution in [0.4, 0.5) is 4.39 Å². The molecule has 4 heteroatoms. The molecule has 0 bridgehead atoms. The van der Waals surface area contributed by atoms with Gasteiger partial charge in [-0.1, -0.05) is 25.8 Å². The molecule has 1 aromatic carbocycles. The maximum Gasteiger partial charge on any atom is 0.165 e. The van der Waals surface area contributed by atoms with Crippen molar-refractivity contribution in [2.75, 3.05) is 20.2 Å². The summed E-state index contributed by atoms with van der Waals surface area (Å²) in [5.41, 5.74) is 6.98. The average molecular weight is 294 g/mol. The van der Waals surface area contributed by atoms with E-state index in [2.05, 4.69) is 11.8 Å². The standard InChI is InChI=1S/C17H27FN2O/c1-3-6-14-7-4-5-10-20(14)16(12-19)13-8-9-17(21-2)15(18)11-13/h8-9,11,14,16H,3-7,10,12,19H2,1-2H3. The maximum absolute atomic E-state index is 14.0. The van der Waals surface area contributed by atoms with E-state index in [-0.39, 0.29) is 11.9 Å². The van der Waals surface area contributed by atoms with Crippen molar-refractivity contribution in [2.24, 2.45) is 5.73 Å². The Labute approximate surface area is 127 Å². The van der Waals surface area contributed by atoms with Crippen LogP contribution in [0.15, 0.2) is 18.2 Å². The van der Waals surface area contributed by atoms with Gasteiger partial charge in [-0.05, 0) is 43.5 Å². The van der Waals surface area contributed by atoms with Crippen LogP contribution < -0.4 is 10.5 Å². The molecule has 0 saturated carbocycles. The van der Waals surface area contributed by atoms with E-state index in [4.69, 9.17) is 10.5 Å². The number of hydrogen-bond donors (Lipinski definition) is 1. The third-order valence-corrected chi connectivity index (χ3v) is 4.48. The molecule has 1 aromatic rings.